The van der Waals surface area contributed by atoms with E-state index in [2.05, 4.69) is 11.4 Å². The number of nitrogens with one attached hydrogen (secondary N) is 1. The number of carboxylic acids is 1. The van der Waals surface area contributed by atoms with Crippen LogP contribution in [0.25, 0.3) is 0 Å². The van der Waals surface area contributed by atoms with Crippen LogP contribution in [-0.2, 0) is 9.59 Å². The van der Waals surface area contributed by atoms with Gasteiger partial charge in [0.15, 0.2) is 0 Å². The van der Waals surface area contributed by atoms with Crippen LogP contribution in [0.15, 0.2) is 0 Å². The Morgan fingerprint density at radius 1 is 1.42 bits per heavy atom. The lowest BCUT2D eigenvalue weighted by Crippen LogP contribution is -2.29. The Hall–Kier alpha value is -1.87. The van der Waals surface area contributed by atoms with Crippen LogP contribution in [0.1, 0.15) is 36.3 Å². The second-order valence-electron chi connectivity index (χ2n) is 5.01. The van der Waals surface area contributed by atoms with Gasteiger partial charge in [-0.2, -0.15) is 5.26 Å². The summed E-state index contributed by atoms with van der Waals surface area (Å²) in [4.78, 5) is 23.8. The molecule has 0 radical (unpaired) electrons. The molecule has 0 aliphatic carbocycles. The van der Waals surface area contributed by atoms with Gasteiger partial charge in [0.05, 0.1) is 11.0 Å². The van der Waals surface area contributed by atoms with Crippen molar-refractivity contribution < 1.29 is 14.7 Å². The fraction of sp³-hybridized carbons (Fsp3) is 0.462. The molecule has 0 atom stereocenters. The predicted molar refractivity (Wildman–Crippen MR) is 73.2 cm³/mol. The number of nitriles is 1. The number of aliphatic carboxylic acids is 1. The van der Waals surface area contributed by atoms with E-state index in [0.29, 0.717) is 10.6 Å². The smallest absolute Gasteiger partial charge is 0.309 e. The van der Waals surface area contributed by atoms with Crippen molar-refractivity contribution in [3.63, 3.8) is 0 Å². The highest BCUT2D eigenvalue weighted by atomic mass is 32.1. The summed E-state index contributed by atoms with van der Waals surface area (Å²) in [6.45, 7) is 6.68. The molecular weight excluding hydrogens is 264 g/mol. The Bertz CT molecular complexity index is 567. The van der Waals surface area contributed by atoms with Crippen molar-refractivity contribution in [3.8, 4) is 6.07 Å². The molecule has 0 spiro atoms. The summed E-state index contributed by atoms with van der Waals surface area (Å²) in [6.07, 6.45) is -0.136. The van der Waals surface area contributed by atoms with Gasteiger partial charge in [0.2, 0.25) is 5.91 Å². The first-order chi connectivity index (χ1) is 8.69. The molecule has 0 aromatic carbocycles. The molecule has 5 nitrogen and oxygen atoms in total. The summed E-state index contributed by atoms with van der Waals surface area (Å²) in [7, 11) is 0. The molecule has 1 aromatic heterocycles. The largest absolute Gasteiger partial charge is 0.481 e. The molecule has 2 N–H and O–H groups in total. The number of amides is 1. The van der Waals surface area contributed by atoms with Crippen molar-refractivity contribution in [3.05, 3.63) is 16.0 Å². The van der Waals surface area contributed by atoms with E-state index in [1.165, 1.54) is 25.2 Å². The summed E-state index contributed by atoms with van der Waals surface area (Å²) >= 11 is 1.33. The van der Waals surface area contributed by atoms with E-state index in [9.17, 15) is 9.59 Å². The second kappa shape index (κ2) is 5.41. The molecule has 0 saturated carbocycles. The van der Waals surface area contributed by atoms with Gasteiger partial charge < -0.3 is 10.4 Å². The SMILES string of the molecule is Cc1sc(NC(=O)CC(C)(C)C(=O)O)c(C#N)c1C. The summed E-state index contributed by atoms with van der Waals surface area (Å²) in [6, 6.07) is 2.06. The molecule has 1 rings (SSSR count). The predicted octanol–water partition coefficient (Wildman–Crippen LogP) is 2.68. The highest BCUT2D eigenvalue weighted by Crippen LogP contribution is 2.32. The van der Waals surface area contributed by atoms with Crippen molar-refractivity contribution in [2.24, 2.45) is 5.41 Å². The van der Waals surface area contributed by atoms with Crippen LogP contribution < -0.4 is 5.32 Å². The molecule has 0 aliphatic heterocycles. The number of hydrogen-bond donors (Lipinski definition) is 2. The zero-order valence-corrected chi connectivity index (χ0v) is 12.1. The first kappa shape index (κ1) is 15.2. The molecule has 1 aromatic rings. The molecule has 0 fully saturated rings. The molecule has 19 heavy (non-hydrogen) atoms. The number of hydrogen-bond acceptors (Lipinski definition) is 4. The number of carboxylic acid groups (broad SMARTS) is 1. The number of carbonyl (C=O) groups is 2. The molecule has 6 heteroatoms. The Morgan fingerprint density at radius 3 is 2.47 bits per heavy atom. The fourth-order valence-electron chi connectivity index (χ4n) is 1.50. The normalized spacial score (nSPS) is 10.9. The maximum Gasteiger partial charge on any atom is 0.309 e. The molecule has 0 bridgehead atoms. The number of aryl methyl sites for hydroxylation is 1. The van der Waals surface area contributed by atoms with Gasteiger partial charge in [0.25, 0.3) is 0 Å². The van der Waals surface area contributed by atoms with E-state index >= 15 is 0 Å². The van der Waals surface area contributed by atoms with Crippen LogP contribution in [0, 0.1) is 30.6 Å². The van der Waals surface area contributed by atoms with Crippen LogP contribution in [0.2, 0.25) is 0 Å². The summed E-state index contributed by atoms with van der Waals surface area (Å²) in [5, 5.41) is 21.2. The van der Waals surface area contributed by atoms with Crippen LogP contribution >= 0.6 is 11.3 Å². The van der Waals surface area contributed by atoms with Gasteiger partial charge in [-0.25, -0.2) is 0 Å². The molecule has 102 valence electrons. The summed E-state index contributed by atoms with van der Waals surface area (Å²) in [5.74, 6) is -1.42. The van der Waals surface area contributed by atoms with E-state index in [1.54, 1.807) is 0 Å². The highest BCUT2D eigenvalue weighted by Gasteiger charge is 2.30. The Morgan fingerprint density at radius 2 is 2.00 bits per heavy atom. The maximum absolute atomic E-state index is 11.8. The second-order valence-corrected chi connectivity index (χ2v) is 6.24. The van der Waals surface area contributed by atoms with Crippen LogP contribution in [0.3, 0.4) is 0 Å². The van der Waals surface area contributed by atoms with Gasteiger partial charge in [-0.05, 0) is 33.3 Å². The van der Waals surface area contributed by atoms with Gasteiger partial charge in [-0.15, -0.1) is 11.3 Å². The number of nitrogens with zero attached hydrogens (tertiary/aromatic N) is 1. The third kappa shape index (κ3) is 3.32. The average Bonchev–Trinajstić information content (AvgIpc) is 2.52. The van der Waals surface area contributed by atoms with E-state index in [1.807, 2.05) is 13.8 Å². The third-order valence-electron chi connectivity index (χ3n) is 2.93. The maximum atomic E-state index is 11.8. The van der Waals surface area contributed by atoms with Crippen molar-refractivity contribution in [1.82, 2.24) is 0 Å². The minimum Gasteiger partial charge on any atom is -0.481 e. The molecule has 0 unspecified atom stereocenters. The minimum atomic E-state index is -1.13. The zero-order valence-electron chi connectivity index (χ0n) is 11.3. The molecule has 0 saturated heterocycles. The highest BCUT2D eigenvalue weighted by molar-refractivity contribution is 7.16. The van der Waals surface area contributed by atoms with E-state index in [4.69, 9.17) is 10.4 Å². The number of carbonyl (C=O) groups excluding carboxylic acids is 1. The zero-order chi connectivity index (χ0) is 14.8. The molecule has 1 heterocycles. The van der Waals surface area contributed by atoms with E-state index in [-0.39, 0.29) is 6.42 Å². The van der Waals surface area contributed by atoms with Crippen LogP contribution in [0.5, 0.6) is 0 Å². The summed E-state index contributed by atoms with van der Waals surface area (Å²) in [5.41, 5.74) is 0.169. The monoisotopic (exact) mass is 280 g/mol. The Labute approximate surface area is 115 Å². The minimum absolute atomic E-state index is 0.136. The molecular formula is C13H16N2O3S. The lowest BCUT2D eigenvalue weighted by molar-refractivity contribution is -0.148. The number of anilines is 1. The lowest BCUT2D eigenvalue weighted by Gasteiger charge is -2.17. The van der Waals surface area contributed by atoms with Gasteiger partial charge in [-0.3, -0.25) is 9.59 Å². The van der Waals surface area contributed by atoms with Gasteiger partial charge in [0, 0.05) is 11.3 Å². The average molecular weight is 280 g/mol. The third-order valence-corrected chi connectivity index (χ3v) is 4.05. The Balaban J connectivity index is 2.88. The first-order valence-electron chi connectivity index (χ1n) is 5.72. The lowest BCUT2D eigenvalue weighted by atomic mass is 9.89. The van der Waals surface area contributed by atoms with Gasteiger partial charge in [-0.1, -0.05) is 0 Å². The van der Waals surface area contributed by atoms with E-state index < -0.39 is 17.3 Å². The van der Waals surface area contributed by atoms with E-state index in [0.717, 1.165) is 10.4 Å². The number of rotatable bonds is 4. The van der Waals surface area contributed by atoms with Gasteiger partial charge >= 0.3 is 5.97 Å². The topological polar surface area (TPSA) is 90.2 Å². The van der Waals surface area contributed by atoms with Crippen LogP contribution in [-0.4, -0.2) is 17.0 Å². The fourth-order valence-corrected chi connectivity index (χ4v) is 2.52. The quantitative estimate of drug-likeness (QED) is 0.887. The van der Waals surface area contributed by atoms with Crippen molar-refractivity contribution in [1.29, 1.82) is 5.26 Å². The Kier molecular flexibility index (Phi) is 4.32. The van der Waals surface area contributed by atoms with Crippen molar-refractivity contribution >= 4 is 28.2 Å². The van der Waals surface area contributed by atoms with Crippen molar-refractivity contribution in [2.45, 2.75) is 34.1 Å². The molecule has 1 amide bonds. The number of thiophene rings is 1. The van der Waals surface area contributed by atoms with Gasteiger partial charge in [0.1, 0.15) is 11.1 Å². The van der Waals surface area contributed by atoms with Crippen molar-refractivity contribution in [2.75, 3.05) is 5.32 Å². The summed E-state index contributed by atoms with van der Waals surface area (Å²) < 4.78 is 0. The van der Waals surface area contributed by atoms with Crippen LogP contribution in [0.4, 0.5) is 5.00 Å². The standard InChI is InChI=1S/C13H16N2O3S/c1-7-8(2)19-11(9(7)6-14)15-10(16)5-13(3,4)12(17)18/h5H2,1-4H3,(H,15,16)(H,17,18). The molecule has 0 aliphatic rings. The first-order valence-corrected chi connectivity index (χ1v) is 6.54.